The Bertz CT molecular complexity index is 204. The topological polar surface area (TPSA) is 17.8 Å². The average molecular weight is 184 g/mol. The fraction of sp³-hybridized carbons (Fsp3) is 0.667. The van der Waals surface area contributed by atoms with Crippen LogP contribution in [0.5, 0.6) is 0 Å². The van der Waals surface area contributed by atoms with Crippen molar-refractivity contribution in [3.8, 4) is 0 Å². The van der Waals surface area contributed by atoms with Crippen molar-refractivity contribution in [3.05, 3.63) is 18.7 Å². The smallest absolute Gasteiger partial charge is 0.0979 e. The molecule has 0 fully saturated rings. The lowest BCUT2D eigenvalue weighted by Gasteiger charge is -2.22. The monoisotopic (exact) mass is 184 g/mol. The molecule has 2 nitrogen and oxygen atoms in total. The van der Waals surface area contributed by atoms with E-state index in [9.17, 15) is 0 Å². The fourth-order valence-electron chi connectivity index (χ4n) is 1.44. The van der Waals surface area contributed by atoms with Crippen LogP contribution in [0.3, 0.4) is 0 Å². The van der Waals surface area contributed by atoms with Crippen LogP contribution in [-0.2, 0) is 0 Å². The Labute approximate surface area is 75.8 Å². The third-order valence-corrected chi connectivity index (χ3v) is 5.08. The van der Waals surface area contributed by atoms with Crippen molar-refractivity contribution in [2.24, 2.45) is 0 Å². The minimum absolute atomic E-state index is 0.0481. The first-order valence-electron chi connectivity index (χ1n) is 4.50. The summed E-state index contributed by atoms with van der Waals surface area (Å²) in [5.41, 5.74) is 0.842. The Morgan fingerprint density at radius 1 is 1.42 bits per heavy atom. The van der Waals surface area contributed by atoms with Gasteiger partial charge in [0.2, 0.25) is 0 Å². The summed E-state index contributed by atoms with van der Waals surface area (Å²) >= 11 is 0. The van der Waals surface area contributed by atoms with Crippen LogP contribution in [0.2, 0.25) is 0 Å². The Morgan fingerprint density at radius 3 is 2.50 bits per heavy atom. The van der Waals surface area contributed by atoms with Crippen LogP contribution in [0, 0.1) is 0 Å². The molecular weight excluding hydrogens is 167 g/mol. The van der Waals surface area contributed by atoms with Crippen LogP contribution in [0.1, 0.15) is 26.7 Å². The highest BCUT2D eigenvalue weighted by Crippen LogP contribution is 2.41. The molecule has 0 saturated heterocycles. The number of imidazole rings is 1. The summed E-state index contributed by atoms with van der Waals surface area (Å²) in [5.74, 6) is 0. The van der Waals surface area contributed by atoms with Crippen LogP contribution in [0.4, 0.5) is 0 Å². The second-order valence-corrected chi connectivity index (χ2v) is 5.33. The predicted molar refractivity (Wildman–Crippen MR) is 54.8 cm³/mol. The third kappa shape index (κ3) is 2.07. The van der Waals surface area contributed by atoms with Gasteiger partial charge in [0.15, 0.2) is 0 Å². The standard InChI is InChI=1S/C9H17N2P/c1-4-9(5-2)12(3)11-7-6-10-8-11/h6-9H,4-5H2,1-3H3. The van der Waals surface area contributed by atoms with Gasteiger partial charge >= 0.3 is 0 Å². The average Bonchev–Trinajstić information content (AvgIpc) is 2.58. The third-order valence-electron chi connectivity index (χ3n) is 2.33. The highest BCUT2D eigenvalue weighted by molar-refractivity contribution is 7.55. The molecule has 1 heterocycles. The van der Waals surface area contributed by atoms with E-state index in [1.165, 1.54) is 12.8 Å². The molecule has 0 radical (unpaired) electrons. The number of hydrogen-bond acceptors (Lipinski definition) is 1. The molecule has 1 aromatic heterocycles. The minimum Gasteiger partial charge on any atom is -0.316 e. The van der Waals surface area contributed by atoms with E-state index in [1.54, 1.807) is 0 Å². The van der Waals surface area contributed by atoms with Gasteiger partial charge in [0.05, 0.1) is 6.33 Å². The van der Waals surface area contributed by atoms with E-state index >= 15 is 0 Å². The molecule has 0 spiro atoms. The van der Waals surface area contributed by atoms with Crippen LogP contribution in [0.15, 0.2) is 18.7 Å². The Morgan fingerprint density at radius 2 is 2.08 bits per heavy atom. The van der Waals surface area contributed by atoms with Gasteiger partial charge in [-0.25, -0.2) is 4.98 Å². The molecule has 3 heteroatoms. The predicted octanol–water partition coefficient (Wildman–Crippen LogP) is 2.95. The lowest BCUT2D eigenvalue weighted by Crippen LogP contribution is -2.05. The molecule has 1 atom stereocenters. The molecule has 1 rings (SSSR count). The van der Waals surface area contributed by atoms with Gasteiger partial charge < -0.3 is 4.34 Å². The summed E-state index contributed by atoms with van der Waals surface area (Å²) in [6.45, 7) is 6.86. The SMILES string of the molecule is CCC(CC)P(C)n1ccnc1. The van der Waals surface area contributed by atoms with E-state index in [1.807, 2.05) is 12.5 Å². The van der Waals surface area contributed by atoms with Crippen molar-refractivity contribution >= 4 is 8.07 Å². The number of nitrogens with zero attached hydrogens (tertiary/aromatic N) is 2. The van der Waals surface area contributed by atoms with Crippen molar-refractivity contribution in [2.45, 2.75) is 32.3 Å². The number of rotatable bonds is 4. The van der Waals surface area contributed by atoms with Crippen molar-refractivity contribution in [2.75, 3.05) is 6.66 Å². The maximum atomic E-state index is 4.07. The summed E-state index contributed by atoms with van der Waals surface area (Å²) < 4.78 is 2.26. The highest BCUT2D eigenvalue weighted by atomic mass is 31.1. The van der Waals surface area contributed by atoms with Crippen LogP contribution >= 0.6 is 8.07 Å². The first-order valence-corrected chi connectivity index (χ1v) is 6.31. The first-order chi connectivity index (χ1) is 5.79. The van der Waals surface area contributed by atoms with Crippen molar-refractivity contribution in [1.29, 1.82) is 0 Å². The van der Waals surface area contributed by atoms with E-state index in [-0.39, 0.29) is 8.07 Å². The molecule has 0 aliphatic carbocycles. The molecule has 1 aromatic rings. The van der Waals surface area contributed by atoms with E-state index in [2.05, 4.69) is 36.0 Å². The second-order valence-electron chi connectivity index (χ2n) is 2.99. The van der Waals surface area contributed by atoms with Gasteiger partial charge in [-0.15, -0.1) is 0 Å². The zero-order chi connectivity index (χ0) is 8.97. The molecule has 12 heavy (non-hydrogen) atoms. The first kappa shape index (κ1) is 9.73. The maximum Gasteiger partial charge on any atom is 0.0979 e. The normalized spacial score (nSPS) is 13.7. The fourth-order valence-corrected chi connectivity index (χ4v) is 3.37. The molecule has 0 aromatic carbocycles. The summed E-state index contributed by atoms with van der Waals surface area (Å²) in [6.07, 6.45) is 8.42. The Kier molecular flexibility index (Phi) is 3.74. The van der Waals surface area contributed by atoms with Crippen LogP contribution in [-0.4, -0.2) is 21.6 Å². The summed E-state index contributed by atoms with van der Waals surface area (Å²) in [4.78, 5) is 4.07. The van der Waals surface area contributed by atoms with E-state index in [0.717, 1.165) is 5.66 Å². The zero-order valence-electron chi connectivity index (χ0n) is 8.07. The summed E-state index contributed by atoms with van der Waals surface area (Å²) in [5, 5.41) is 0. The molecular formula is C9H17N2P. The molecule has 0 bridgehead atoms. The largest absolute Gasteiger partial charge is 0.316 e. The van der Waals surface area contributed by atoms with Crippen molar-refractivity contribution in [1.82, 2.24) is 9.32 Å². The highest BCUT2D eigenvalue weighted by Gasteiger charge is 2.13. The number of aromatic nitrogens is 2. The van der Waals surface area contributed by atoms with Gasteiger partial charge in [0, 0.05) is 12.4 Å². The quantitative estimate of drug-likeness (QED) is 0.658. The molecule has 0 aliphatic rings. The molecule has 0 amide bonds. The van der Waals surface area contributed by atoms with Gasteiger partial charge in [-0.2, -0.15) is 0 Å². The molecule has 68 valence electrons. The summed E-state index contributed by atoms with van der Waals surface area (Å²) in [7, 11) is -0.0481. The number of hydrogen-bond donors (Lipinski definition) is 0. The van der Waals surface area contributed by atoms with Gasteiger partial charge in [0.25, 0.3) is 0 Å². The van der Waals surface area contributed by atoms with E-state index < -0.39 is 0 Å². The van der Waals surface area contributed by atoms with Crippen molar-refractivity contribution in [3.63, 3.8) is 0 Å². The van der Waals surface area contributed by atoms with Gasteiger partial charge in [-0.05, 0) is 33.2 Å². The zero-order valence-corrected chi connectivity index (χ0v) is 8.96. The maximum absolute atomic E-state index is 4.07. The van der Waals surface area contributed by atoms with Gasteiger partial charge in [-0.3, -0.25) is 0 Å². The van der Waals surface area contributed by atoms with Gasteiger partial charge in [0.1, 0.15) is 0 Å². The van der Waals surface area contributed by atoms with Gasteiger partial charge in [-0.1, -0.05) is 13.8 Å². The van der Waals surface area contributed by atoms with E-state index in [4.69, 9.17) is 0 Å². The van der Waals surface area contributed by atoms with Crippen molar-refractivity contribution < 1.29 is 0 Å². The summed E-state index contributed by atoms with van der Waals surface area (Å²) in [6, 6.07) is 0. The Balaban J connectivity index is 2.63. The second kappa shape index (κ2) is 4.61. The Hall–Kier alpha value is -0.360. The van der Waals surface area contributed by atoms with Crippen LogP contribution < -0.4 is 0 Å². The van der Waals surface area contributed by atoms with Crippen LogP contribution in [0.25, 0.3) is 0 Å². The molecule has 1 unspecified atom stereocenters. The molecule has 0 aliphatic heterocycles. The molecule has 0 N–H and O–H groups in total. The minimum atomic E-state index is -0.0481. The van der Waals surface area contributed by atoms with E-state index in [0.29, 0.717) is 0 Å². The lowest BCUT2D eigenvalue weighted by molar-refractivity contribution is 0.773. The lowest BCUT2D eigenvalue weighted by atomic mass is 10.3. The molecule has 0 saturated carbocycles.